The average molecular weight is 458 g/mol. The number of aromatic nitrogens is 1. The summed E-state index contributed by atoms with van der Waals surface area (Å²) in [5.74, 6) is -2.24. The zero-order chi connectivity index (χ0) is 23.1. The van der Waals surface area contributed by atoms with Gasteiger partial charge in [0.15, 0.2) is 0 Å². The van der Waals surface area contributed by atoms with E-state index in [1.807, 2.05) is 0 Å². The summed E-state index contributed by atoms with van der Waals surface area (Å²) < 4.78 is 10.9. The van der Waals surface area contributed by atoms with Gasteiger partial charge in [-0.25, -0.2) is 14.6 Å². The lowest BCUT2D eigenvalue weighted by Gasteiger charge is -2.30. The summed E-state index contributed by atoms with van der Waals surface area (Å²) in [6.07, 6.45) is -0.698. The van der Waals surface area contributed by atoms with Crippen LogP contribution >= 0.6 is 11.3 Å². The number of aliphatic hydroxyl groups excluding tert-OH is 1. The maximum absolute atomic E-state index is 12.4. The number of carbonyl (C=O) groups is 2. The fourth-order valence-corrected chi connectivity index (χ4v) is 3.93. The Morgan fingerprint density at radius 1 is 1.12 bits per heavy atom. The van der Waals surface area contributed by atoms with E-state index in [-0.39, 0.29) is 30.9 Å². The third-order valence-electron chi connectivity index (χ3n) is 5.12. The normalized spacial score (nSPS) is 13.9. The number of aliphatic hydroxyl groups is 1. The Hall–Kier alpha value is -3.11. The summed E-state index contributed by atoms with van der Waals surface area (Å²) in [6, 6.07) is 13.6. The highest BCUT2D eigenvalue weighted by atomic mass is 32.1. The maximum Gasteiger partial charge on any atom is 0.342 e. The van der Waals surface area contributed by atoms with Crippen molar-refractivity contribution < 1.29 is 34.4 Å². The van der Waals surface area contributed by atoms with E-state index >= 15 is 0 Å². The van der Waals surface area contributed by atoms with Crippen LogP contribution in [0.1, 0.15) is 21.6 Å². The minimum Gasteiger partial charge on any atom is -0.479 e. The summed E-state index contributed by atoms with van der Waals surface area (Å²) in [5.41, 5.74) is 2.12. The fraction of sp³-hybridized carbons (Fsp3) is 0.261. The molecular formula is C23H23NO7S. The smallest absolute Gasteiger partial charge is 0.342 e. The lowest BCUT2D eigenvalue weighted by atomic mass is 9.90. The molecule has 2 aromatic carbocycles. The SMILES string of the molecule is CO[C@@H](CO)COC(Cc1ccc(-c2ccccc2C(=O)O)cc1)(C(=O)O)c1cscn1. The molecule has 0 fully saturated rings. The van der Waals surface area contributed by atoms with Crippen LogP contribution in [0.25, 0.3) is 11.1 Å². The van der Waals surface area contributed by atoms with E-state index in [0.29, 0.717) is 16.7 Å². The molecule has 3 aromatic rings. The highest BCUT2D eigenvalue weighted by molar-refractivity contribution is 7.07. The number of ether oxygens (including phenoxy) is 2. The lowest BCUT2D eigenvalue weighted by Crippen LogP contribution is -2.43. The standard InChI is InChI=1S/C23H23NO7S/c1-30-17(11-25)12-31-23(22(28)29,20-13-32-14-24-20)10-15-6-8-16(9-7-15)18-4-2-3-5-19(18)21(26)27/h2-9,13-14,17,25H,10-12H2,1H3,(H,26,27)(H,28,29)/t17-,23?/m0/s1. The molecule has 0 amide bonds. The second kappa shape index (κ2) is 10.5. The van der Waals surface area contributed by atoms with Gasteiger partial charge >= 0.3 is 11.9 Å². The van der Waals surface area contributed by atoms with E-state index in [1.165, 1.54) is 30.0 Å². The van der Waals surface area contributed by atoms with Crippen LogP contribution in [-0.4, -0.2) is 58.7 Å². The third kappa shape index (κ3) is 5.03. The van der Waals surface area contributed by atoms with Gasteiger partial charge in [0.2, 0.25) is 5.60 Å². The Balaban J connectivity index is 1.93. The minimum absolute atomic E-state index is 0.0191. The number of thiazole rings is 1. The molecule has 0 saturated carbocycles. The first-order valence-corrected chi connectivity index (χ1v) is 10.7. The van der Waals surface area contributed by atoms with Gasteiger partial charge in [-0.2, -0.15) is 0 Å². The molecule has 0 aliphatic rings. The number of carboxylic acids is 2. The molecule has 32 heavy (non-hydrogen) atoms. The Bertz CT molecular complexity index is 1050. The van der Waals surface area contributed by atoms with Crippen LogP contribution in [0, 0.1) is 0 Å². The second-order valence-electron chi connectivity index (χ2n) is 7.08. The van der Waals surface area contributed by atoms with Gasteiger partial charge in [0.05, 0.1) is 30.0 Å². The third-order valence-corrected chi connectivity index (χ3v) is 5.71. The van der Waals surface area contributed by atoms with Crippen LogP contribution in [0.3, 0.4) is 0 Å². The number of benzene rings is 2. The van der Waals surface area contributed by atoms with E-state index in [0.717, 1.165) is 0 Å². The van der Waals surface area contributed by atoms with Crippen molar-refractivity contribution in [2.75, 3.05) is 20.3 Å². The summed E-state index contributed by atoms with van der Waals surface area (Å²) >= 11 is 1.25. The molecule has 8 nitrogen and oxygen atoms in total. The Labute approximate surface area is 188 Å². The fourth-order valence-electron chi connectivity index (χ4n) is 3.32. The Morgan fingerprint density at radius 3 is 2.41 bits per heavy atom. The van der Waals surface area contributed by atoms with Crippen LogP contribution in [0.5, 0.6) is 0 Å². The summed E-state index contributed by atoms with van der Waals surface area (Å²) in [6.45, 7) is -0.457. The Kier molecular flexibility index (Phi) is 7.70. The van der Waals surface area contributed by atoms with Gasteiger partial charge in [-0.05, 0) is 22.8 Å². The molecule has 9 heteroatoms. The van der Waals surface area contributed by atoms with Gasteiger partial charge in [-0.1, -0.05) is 42.5 Å². The van der Waals surface area contributed by atoms with Gasteiger partial charge in [-0.15, -0.1) is 11.3 Å². The minimum atomic E-state index is -1.77. The molecule has 1 heterocycles. The predicted octanol–water partition coefficient (Wildman–Crippen LogP) is 3.05. The van der Waals surface area contributed by atoms with Gasteiger partial charge in [-0.3, -0.25) is 0 Å². The van der Waals surface area contributed by atoms with Gasteiger partial charge < -0.3 is 24.8 Å². The summed E-state index contributed by atoms with van der Waals surface area (Å²) in [4.78, 5) is 28.1. The largest absolute Gasteiger partial charge is 0.479 e. The number of aromatic carboxylic acids is 1. The van der Waals surface area contributed by atoms with Crippen LogP contribution in [0.2, 0.25) is 0 Å². The van der Waals surface area contributed by atoms with Crippen LogP contribution in [0.15, 0.2) is 59.4 Å². The number of rotatable bonds is 11. The summed E-state index contributed by atoms with van der Waals surface area (Å²) in [5, 5.41) is 30.5. The number of methoxy groups -OCH3 is 1. The highest BCUT2D eigenvalue weighted by Crippen LogP contribution is 2.32. The number of hydrogen-bond donors (Lipinski definition) is 3. The molecule has 0 radical (unpaired) electrons. The molecule has 0 spiro atoms. The number of carboxylic acid groups (broad SMARTS) is 2. The second-order valence-corrected chi connectivity index (χ2v) is 7.80. The molecule has 0 bridgehead atoms. The van der Waals surface area contributed by atoms with Crippen molar-refractivity contribution in [3.8, 4) is 11.1 Å². The first-order valence-electron chi connectivity index (χ1n) is 9.72. The predicted molar refractivity (Wildman–Crippen MR) is 118 cm³/mol. The lowest BCUT2D eigenvalue weighted by molar-refractivity contribution is -0.174. The maximum atomic E-state index is 12.4. The zero-order valence-corrected chi connectivity index (χ0v) is 18.1. The molecule has 1 aromatic heterocycles. The number of nitrogens with zero attached hydrogens (tertiary/aromatic N) is 1. The molecule has 0 aliphatic carbocycles. The van der Waals surface area contributed by atoms with E-state index in [4.69, 9.17) is 9.47 Å². The van der Waals surface area contributed by atoms with Crippen molar-refractivity contribution in [3.05, 3.63) is 76.2 Å². The van der Waals surface area contributed by atoms with Gasteiger partial charge in [0.1, 0.15) is 6.10 Å². The van der Waals surface area contributed by atoms with Crippen molar-refractivity contribution >= 4 is 23.3 Å². The molecule has 0 aliphatic heterocycles. The monoisotopic (exact) mass is 457 g/mol. The van der Waals surface area contributed by atoms with E-state index < -0.39 is 23.6 Å². The van der Waals surface area contributed by atoms with E-state index in [2.05, 4.69) is 4.98 Å². The van der Waals surface area contributed by atoms with Gasteiger partial charge in [0, 0.05) is 18.9 Å². The molecule has 2 atom stereocenters. The Morgan fingerprint density at radius 2 is 1.84 bits per heavy atom. The first-order chi connectivity index (χ1) is 15.4. The van der Waals surface area contributed by atoms with Crippen molar-refractivity contribution in [2.45, 2.75) is 18.1 Å². The molecule has 168 valence electrons. The molecule has 1 unspecified atom stereocenters. The number of aliphatic carboxylic acids is 1. The van der Waals surface area contributed by atoms with Crippen LogP contribution < -0.4 is 0 Å². The van der Waals surface area contributed by atoms with Crippen molar-refractivity contribution in [1.29, 1.82) is 0 Å². The molecule has 3 rings (SSSR count). The average Bonchev–Trinajstić information content (AvgIpc) is 3.34. The summed E-state index contributed by atoms with van der Waals surface area (Å²) in [7, 11) is 1.41. The molecule has 0 saturated heterocycles. The van der Waals surface area contributed by atoms with Crippen molar-refractivity contribution in [1.82, 2.24) is 4.98 Å². The molecular weight excluding hydrogens is 434 g/mol. The number of hydrogen-bond acceptors (Lipinski definition) is 7. The van der Waals surface area contributed by atoms with Crippen molar-refractivity contribution in [2.24, 2.45) is 0 Å². The quantitative estimate of drug-likeness (QED) is 0.401. The molecule has 3 N–H and O–H groups in total. The van der Waals surface area contributed by atoms with E-state index in [1.54, 1.807) is 47.8 Å². The van der Waals surface area contributed by atoms with Crippen LogP contribution in [-0.2, 0) is 26.3 Å². The van der Waals surface area contributed by atoms with Crippen molar-refractivity contribution in [3.63, 3.8) is 0 Å². The van der Waals surface area contributed by atoms with Gasteiger partial charge in [0.25, 0.3) is 0 Å². The van der Waals surface area contributed by atoms with Crippen LogP contribution in [0.4, 0.5) is 0 Å². The first kappa shape index (κ1) is 23.6. The van der Waals surface area contributed by atoms with E-state index in [9.17, 15) is 24.9 Å². The topological polar surface area (TPSA) is 126 Å². The zero-order valence-electron chi connectivity index (χ0n) is 17.3. The highest BCUT2D eigenvalue weighted by Gasteiger charge is 2.44.